The molecule has 3 heteroatoms. The van der Waals surface area contributed by atoms with E-state index < -0.39 is 0 Å². The summed E-state index contributed by atoms with van der Waals surface area (Å²) in [6.45, 7) is 3.87. The van der Waals surface area contributed by atoms with Gasteiger partial charge in [0.2, 0.25) is 0 Å². The summed E-state index contributed by atoms with van der Waals surface area (Å²) in [7, 11) is 0. The molecule has 1 aliphatic rings. The van der Waals surface area contributed by atoms with Crippen molar-refractivity contribution in [2.24, 2.45) is 5.73 Å². The molecule has 1 fully saturated rings. The summed E-state index contributed by atoms with van der Waals surface area (Å²) in [6.07, 6.45) is 3.61. The van der Waals surface area contributed by atoms with E-state index in [1.54, 1.807) is 0 Å². The Labute approximate surface area is 74.3 Å². The maximum atomic E-state index is 9.26. The lowest BCUT2D eigenvalue weighted by Crippen LogP contribution is -2.43. The first kappa shape index (κ1) is 9.96. The van der Waals surface area contributed by atoms with Crippen molar-refractivity contribution in [2.45, 2.75) is 44.2 Å². The van der Waals surface area contributed by atoms with E-state index in [1.807, 2.05) is 6.92 Å². The fraction of sp³-hybridized carbons (Fsp3) is 1.00. The third-order valence-corrected chi connectivity index (χ3v) is 2.53. The average Bonchev–Trinajstić information content (AvgIpc) is 2.12. The molecule has 0 saturated carbocycles. The van der Waals surface area contributed by atoms with Gasteiger partial charge < -0.3 is 16.2 Å². The van der Waals surface area contributed by atoms with E-state index in [1.165, 1.54) is 0 Å². The molecule has 0 aromatic rings. The minimum atomic E-state index is -0.270. The second-order valence-corrected chi connectivity index (χ2v) is 4.02. The van der Waals surface area contributed by atoms with E-state index in [9.17, 15) is 5.11 Å². The van der Waals surface area contributed by atoms with Crippen LogP contribution in [0, 0.1) is 0 Å². The minimum absolute atomic E-state index is 0.127. The molecule has 3 nitrogen and oxygen atoms in total. The van der Waals surface area contributed by atoms with Crippen molar-refractivity contribution in [2.75, 3.05) is 13.1 Å². The van der Waals surface area contributed by atoms with Crippen molar-refractivity contribution in [1.29, 1.82) is 0 Å². The molecule has 4 N–H and O–H groups in total. The number of nitrogens with two attached hydrogens (primary N) is 1. The molecule has 0 aliphatic carbocycles. The lowest BCUT2D eigenvalue weighted by Gasteiger charge is -2.28. The van der Waals surface area contributed by atoms with Gasteiger partial charge in [-0.1, -0.05) is 0 Å². The van der Waals surface area contributed by atoms with Crippen LogP contribution >= 0.6 is 0 Å². The molecule has 0 amide bonds. The van der Waals surface area contributed by atoms with Gasteiger partial charge in [0, 0.05) is 5.54 Å². The SMILES string of the molecule is CC(O)CC1(N)CCCNCC1. The predicted octanol–water partition coefficient (Wildman–Crippen LogP) is 0.228. The lowest BCUT2D eigenvalue weighted by atomic mass is 9.86. The van der Waals surface area contributed by atoms with Crippen LogP contribution in [0.25, 0.3) is 0 Å². The summed E-state index contributed by atoms with van der Waals surface area (Å²) in [5.41, 5.74) is 6.03. The van der Waals surface area contributed by atoms with Crippen LogP contribution in [-0.4, -0.2) is 29.8 Å². The van der Waals surface area contributed by atoms with Crippen LogP contribution in [0.1, 0.15) is 32.6 Å². The molecule has 1 rings (SSSR count). The van der Waals surface area contributed by atoms with E-state index in [2.05, 4.69) is 5.32 Å². The van der Waals surface area contributed by atoms with Crippen molar-refractivity contribution in [3.8, 4) is 0 Å². The highest BCUT2D eigenvalue weighted by Crippen LogP contribution is 2.21. The summed E-state index contributed by atoms with van der Waals surface area (Å²) >= 11 is 0. The molecule has 0 aromatic heterocycles. The van der Waals surface area contributed by atoms with E-state index >= 15 is 0 Å². The van der Waals surface area contributed by atoms with Crippen LogP contribution in [0.4, 0.5) is 0 Å². The molecule has 2 unspecified atom stereocenters. The molecule has 0 bridgehead atoms. The van der Waals surface area contributed by atoms with Crippen LogP contribution in [0.15, 0.2) is 0 Å². The largest absolute Gasteiger partial charge is 0.393 e. The zero-order valence-corrected chi connectivity index (χ0v) is 7.84. The van der Waals surface area contributed by atoms with Gasteiger partial charge in [-0.3, -0.25) is 0 Å². The first-order valence-corrected chi connectivity index (χ1v) is 4.80. The molecular formula is C9H20N2O. The van der Waals surface area contributed by atoms with E-state index in [0.717, 1.165) is 38.8 Å². The Morgan fingerprint density at radius 2 is 2.25 bits per heavy atom. The topological polar surface area (TPSA) is 58.3 Å². The van der Waals surface area contributed by atoms with Crippen molar-refractivity contribution >= 4 is 0 Å². The Hall–Kier alpha value is -0.120. The van der Waals surface area contributed by atoms with Crippen LogP contribution in [0.3, 0.4) is 0 Å². The van der Waals surface area contributed by atoms with E-state index in [-0.39, 0.29) is 11.6 Å². The van der Waals surface area contributed by atoms with E-state index in [0.29, 0.717) is 0 Å². The monoisotopic (exact) mass is 172 g/mol. The number of aliphatic hydroxyl groups is 1. The Balaban J connectivity index is 2.42. The number of rotatable bonds is 2. The van der Waals surface area contributed by atoms with Gasteiger partial charge in [-0.25, -0.2) is 0 Å². The van der Waals surface area contributed by atoms with Crippen LogP contribution in [0.5, 0.6) is 0 Å². The van der Waals surface area contributed by atoms with Gasteiger partial charge in [-0.15, -0.1) is 0 Å². The molecular weight excluding hydrogens is 152 g/mol. The number of hydrogen-bond donors (Lipinski definition) is 3. The average molecular weight is 172 g/mol. The second kappa shape index (κ2) is 4.21. The van der Waals surface area contributed by atoms with Gasteiger partial charge in [0.1, 0.15) is 0 Å². The quantitative estimate of drug-likeness (QED) is 0.559. The van der Waals surface area contributed by atoms with E-state index in [4.69, 9.17) is 5.73 Å². The predicted molar refractivity (Wildman–Crippen MR) is 49.9 cm³/mol. The standard InChI is InChI=1S/C9H20N2O/c1-8(12)7-9(10)3-2-5-11-6-4-9/h8,11-12H,2-7,10H2,1H3. The summed E-state index contributed by atoms with van der Waals surface area (Å²) in [5, 5.41) is 12.6. The highest BCUT2D eigenvalue weighted by Gasteiger charge is 2.27. The zero-order valence-electron chi connectivity index (χ0n) is 7.84. The molecule has 1 aliphatic heterocycles. The third-order valence-electron chi connectivity index (χ3n) is 2.53. The summed E-state index contributed by atoms with van der Waals surface area (Å²) < 4.78 is 0. The van der Waals surface area contributed by atoms with Crippen molar-refractivity contribution in [3.05, 3.63) is 0 Å². The summed E-state index contributed by atoms with van der Waals surface area (Å²) in [5.74, 6) is 0. The van der Waals surface area contributed by atoms with Crippen LogP contribution in [-0.2, 0) is 0 Å². The van der Waals surface area contributed by atoms with Gasteiger partial charge in [0.15, 0.2) is 0 Å². The molecule has 2 atom stereocenters. The fourth-order valence-electron chi connectivity index (χ4n) is 1.95. The van der Waals surface area contributed by atoms with Gasteiger partial charge >= 0.3 is 0 Å². The summed E-state index contributed by atoms with van der Waals surface area (Å²) in [6, 6.07) is 0. The molecule has 72 valence electrons. The number of aliphatic hydroxyl groups excluding tert-OH is 1. The summed E-state index contributed by atoms with van der Waals surface area (Å²) in [4.78, 5) is 0. The zero-order chi connectivity index (χ0) is 9.03. The molecule has 1 heterocycles. The molecule has 12 heavy (non-hydrogen) atoms. The maximum Gasteiger partial charge on any atom is 0.0529 e. The van der Waals surface area contributed by atoms with Crippen molar-refractivity contribution < 1.29 is 5.11 Å². The van der Waals surface area contributed by atoms with Gasteiger partial charge in [-0.05, 0) is 45.7 Å². The Bertz CT molecular complexity index is 128. The highest BCUT2D eigenvalue weighted by atomic mass is 16.3. The Kier molecular flexibility index (Phi) is 3.50. The minimum Gasteiger partial charge on any atom is -0.393 e. The van der Waals surface area contributed by atoms with Crippen molar-refractivity contribution in [1.82, 2.24) is 5.32 Å². The first-order chi connectivity index (χ1) is 5.62. The fourth-order valence-corrected chi connectivity index (χ4v) is 1.95. The lowest BCUT2D eigenvalue weighted by molar-refractivity contribution is 0.142. The highest BCUT2D eigenvalue weighted by molar-refractivity contribution is 4.88. The number of nitrogens with one attached hydrogen (secondary N) is 1. The van der Waals surface area contributed by atoms with Crippen LogP contribution in [0.2, 0.25) is 0 Å². The van der Waals surface area contributed by atoms with Gasteiger partial charge in [0.25, 0.3) is 0 Å². The van der Waals surface area contributed by atoms with Crippen molar-refractivity contribution in [3.63, 3.8) is 0 Å². The molecule has 0 spiro atoms. The molecule has 0 aromatic carbocycles. The Morgan fingerprint density at radius 1 is 1.50 bits per heavy atom. The third kappa shape index (κ3) is 3.09. The normalized spacial score (nSPS) is 34.2. The van der Waals surface area contributed by atoms with Gasteiger partial charge in [-0.2, -0.15) is 0 Å². The maximum absolute atomic E-state index is 9.26. The Morgan fingerprint density at radius 3 is 2.92 bits per heavy atom. The smallest absolute Gasteiger partial charge is 0.0529 e. The molecule has 0 radical (unpaired) electrons. The first-order valence-electron chi connectivity index (χ1n) is 4.80. The second-order valence-electron chi connectivity index (χ2n) is 4.02. The van der Waals surface area contributed by atoms with Gasteiger partial charge in [0.05, 0.1) is 6.10 Å². The van der Waals surface area contributed by atoms with Crippen LogP contribution < -0.4 is 11.1 Å². The number of hydrogen-bond acceptors (Lipinski definition) is 3. The molecule has 1 saturated heterocycles.